The molecule has 0 radical (unpaired) electrons. The number of carbonyl (C=O) groups excluding carboxylic acids is 1. The number of H-pyrrole nitrogens is 1. The third kappa shape index (κ3) is 1.82. The van der Waals surface area contributed by atoms with E-state index in [2.05, 4.69) is 10.3 Å². The third-order valence-corrected chi connectivity index (χ3v) is 3.67. The van der Waals surface area contributed by atoms with E-state index in [0.717, 1.165) is 22.3 Å². The number of rotatable bonds is 3. The lowest BCUT2D eigenvalue weighted by Crippen LogP contribution is -2.54. The van der Waals surface area contributed by atoms with E-state index in [1.807, 2.05) is 31.2 Å². The van der Waals surface area contributed by atoms with Crippen molar-refractivity contribution in [2.75, 3.05) is 25.1 Å². The molecule has 1 fully saturated rings. The van der Waals surface area contributed by atoms with Gasteiger partial charge in [0.25, 0.3) is 0 Å². The van der Waals surface area contributed by atoms with Crippen molar-refractivity contribution in [2.45, 2.75) is 6.92 Å². The number of aromatic amines is 1. The lowest BCUT2D eigenvalue weighted by atomic mass is 9.86. The van der Waals surface area contributed by atoms with Crippen LogP contribution in [0.4, 0.5) is 5.69 Å². The fourth-order valence-electron chi connectivity index (χ4n) is 2.33. The lowest BCUT2D eigenvalue weighted by molar-refractivity contribution is -0.164. The van der Waals surface area contributed by atoms with Gasteiger partial charge < -0.3 is 20.1 Å². The van der Waals surface area contributed by atoms with Crippen molar-refractivity contribution in [1.29, 1.82) is 0 Å². The fraction of sp³-hybridized carbons (Fsp3) is 0.357. The fourth-order valence-corrected chi connectivity index (χ4v) is 2.33. The summed E-state index contributed by atoms with van der Waals surface area (Å²) >= 11 is 0. The van der Waals surface area contributed by atoms with Gasteiger partial charge in [0, 0.05) is 16.6 Å². The minimum Gasteiger partial charge on any atom is -0.395 e. The zero-order valence-corrected chi connectivity index (χ0v) is 10.7. The molecule has 2 heterocycles. The third-order valence-electron chi connectivity index (χ3n) is 3.67. The van der Waals surface area contributed by atoms with Crippen molar-refractivity contribution in [3.63, 3.8) is 0 Å². The highest BCUT2D eigenvalue weighted by atomic mass is 16.5. The maximum Gasteiger partial charge on any atom is 0.237 e. The van der Waals surface area contributed by atoms with Gasteiger partial charge in [-0.15, -0.1) is 0 Å². The van der Waals surface area contributed by atoms with E-state index in [9.17, 15) is 9.90 Å². The van der Waals surface area contributed by atoms with Crippen LogP contribution in [0.2, 0.25) is 0 Å². The molecule has 3 rings (SSSR count). The highest BCUT2D eigenvalue weighted by Crippen LogP contribution is 2.32. The number of carbonyl (C=O) groups is 1. The number of aromatic nitrogens is 1. The van der Waals surface area contributed by atoms with Crippen LogP contribution < -0.4 is 5.32 Å². The second-order valence-electron chi connectivity index (χ2n) is 5.06. The Morgan fingerprint density at radius 3 is 2.84 bits per heavy atom. The normalized spacial score (nSPS) is 17.2. The first kappa shape index (κ1) is 12.2. The van der Waals surface area contributed by atoms with Crippen LogP contribution in [0, 0.1) is 12.3 Å². The molecule has 19 heavy (non-hydrogen) atoms. The van der Waals surface area contributed by atoms with Crippen LogP contribution in [0.5, 0.6) is 0 Å². The Labute approximate surface area is 110 Å². The van der Waals surface area contributed by atoms with Crippen LogP contribution in [0.15, 0.2) is 24.3 Å². The summed E-state index contributed by atoms with van der Waals surface area (Å²) in [6, 6.07) is 7.79. The average Bonchev–Trinajstić information content (AvgIpc) is 2.66. The van der Waals surface area contributed by atoms with Gasteiger partial charge in [-0.1, -0.05) is 18.2 Å². The van der Waals surface area contributed by atoms with Gasteiger partial charge in [0.05, 0.1) is 25.5 Å². The molecule has 0 unspecified atom stereocenters. The van der Waals surface area contributed by atoms with Crippen LogP contribution in [-0.2, 0) is 9.53 Å². The summed E-state index contributed by atoms with van der Waals surface area (Å²) in [5.74, 6) is -0.186. The molecular weight excluding hydrogens is 244 g/mol. The Morgan fingerprint density at radius 2 is 2.21 bits per heavy atom. The molecule has 100 valence electrons. The monoisotopic (exact) mass is 260 g/mol. The van der Waals surface area contributed by atoms with Crippen molar-refractivity contribution < 1.29 is 14.6 Å². The largest absolute Gasteiger partial charge is 0.395 e. The van der Waals surface area contributed by atoms with Crippen LogP contribution >= 0.6 is 0 Å². The predicted octanol–water partition coefficient (Wildman–Crippen LogP) is 1.42. The van der Waals surface area contributed by atoms with Gasteiger partial charge in [0.15, 0.2) is 0 Å². The number of hydrogen-bond acceptors (Lipinski definition) is 3. The van der Waals surface area contributed by atoms with E-state index in [4.69, 9.17) is 4.74 Å². The number of hydrogen-bond donors (Lipinski definition) is 3. The molecule has 0 spiro atoms. The minimum absolute atomic E-state index is 0.186. The number of para-hydroxylation sites is 1. The smallest absolute Gasteiger partial charge is 0.237 e. The van der Waals surface area contributed by atoms with Gasteiger partial charge in [-0.25, -0.2) is 0 Å². The number of ether oxygens (including phenoxy) is 1. The highest BCUT2D eigenvalue weighted by molar-refractivity contribution is 6.05. The summed E-state index contributed by atoms with van der Waals surface area (Å²) in [6.07, 6.45) is 0. The molecule has 0 bridgehead atoms. The van der Waals surface area contributed by atoms with Gasteiger partial charge in [-0.05, 0) is 13.0 Å². The van der Waals surface area contributed by atoms with E-state index in [0.29, 0.717) is 0 Å². The number of aryl methyl sites for hydroxylation is 1. The number of anilines is 1. The van der Waals surface area contributed by atoms with Gasteiger partial charge in [-0.3, -0.25) is 4.79 Å². The van der Waals surface area contributed by atoms with Crippen LogP contribution in [0.25, 0.3) is 10.9 Å². The van der Waals surface area contributed by atoms with Crippen molar-refractivity contribution in [3.8, 4) is 0 Å². The number of amides is 1. The molecule has 0 aliphatic carbocycles. The molecule has 1 aromatic carbocycles. The number of nitrogens with one attached hydrogen (secondary N) is 2. The van der Waals surface area contributed by atoms with Crippen LogP contribution in [0.3, 0.4) is 0 Å². The number of benzene rings is 1. The standard InChI is InChI=1S/C14H16N2O3/c1-9-12(10-4-2-3-5-11(10)15-9)16-13(18)14(6-17)7-19-8-14/h2-5,15,17H,6-8H2,1H3,(H,16,18). The Bertz CT molecular complexity index is 623. The van der Waals surface area contributed by atoms with Crippen LogP contribution in [0.1, 0.15) is 5.69 Å². The van der Waals surface area contributed by atoms with Crippen molar-refractivity contribution in [3.05, 3.63) is 30.0 Å². The molecule has 3 N–H and O–H groups in total. The molecule has 1 amide bonds. The molecule has 1 aromatic heterocycles. The molecule has 5 nitrogen and oxygen atoms in total. The van der Waals surface area contributed by atoms with Crippen molar-refractivity contribution in [2.24, 2.45) is 5.41 Å². The molecule has 0 saturated carbocycles. The predicted molar refractivity (Wildman–Crippen MR) is 72.0 cm³/mol. The van der Waals surface area contributed by atoms with Gasteiger partial charge >= 0.3 is 0 Å². The van der Waals surface area contributed by atoms with E-state index in [-0.39, 0.29) is 25.7 Å². The first-order chi connectivity index (χ1) is 9.16. The zero-order valence-electron chi connectivity index (χ0n) is 10.7. The molecular formula is C14H16N2O3. The van der Waals surface area contributed by atoms with Gasteiger partial charge in [0.1, 0.15) is 5.41 Å². The van der Waals surface area contributed by atoms with E-state index < -0.39 is 5.41 Å². The van der Waals surface area contributed by atoms with E-state index in [1.54, 1.807) is 0 Å². The molecule has 1 aliphatic heterocycles. The summed E-state index contributed by atoms with van der Waals surface area (Å²) in [5.41, 5.74) is 1.88. The van der Waals surface area contributed by atoms with Crippen LogP contribution in [-0.4, -0.2) is 35.8 Å². The van der Waals surface area contributed by atoms with Crippen molar-refractivity contribution in [1.82, 2.24) is 4.98 Å². The summed E-state index contributed by atoms with van der Waals surface area (Å²) < 4.78 is 5.06. The summed E-state index contributed by atoms with van der Waals surface area (Å²) in [6.45, 7) is 2.27. The van der Waals surface area contributed by atoms with E-state index in [1.165, 1.54) is 0 Å². The first-order valence-corrected chi connectivity index (χ1v) is 6.24. The maximum absolute atomic E-state index is 12.3. The quantitative estimate of drug-likeness (QED) is 0.781. The maximum atomic E-state index is 12.3. The van der Waals surface area contributed by atoms with Crippen molar-refractivity contribution >= 4 is 22.5 Å². The zero-order chi connectivity index (χ0) is 13.5. The summed E-state index contributed by atoms with van der Waals surface area (Å²) in [5, 5.41) is 13.3. The Morgan fingerprint density at radius 1 is 1.47 bits per heavy atom. The summed E-state index contributed by atoms with van der Waals surface area (Å²) in [7, 11) is 0. The second kappa shape index (κ2) is 4.36. The summed E-state index contributed by atoms with van der Waals surface area (Å²) in [4.78, 5) is 15.5. The number of aliphatic hydroxyl groups excluding tert-OH is 1. The Kier molecular flexibility index (Phi) is 2.80. The molecule has 0 atom stereocenters. The van der Waals surface area contributed by atoms with Gasteiger partial charge in [-0.2, -0.15) is 0 Å². The minimum atomic E-state index is -0.787. The van der Waals surface area contributed by atoms with E-state index >= 15 is 0 Å². The Hall–Kier alpha value is -1.85. The number of fused-ring (bicyclic) bond motifs is 1. The molecule has 1 saturated heterocycles. The average molecular weight is 260 g/mol. The molecule has 2 aromatic rings. The van der Waals surface area contributed by atoms with Gasteiger partial charge in [0.2, 0.25) is 5.91 Å². The lowest BCUT2D eigenvalue weighted by Gasteiger charge is -2.38. The second-order valence-corrected chi connectivity index (χ2v) is 5.06. The SMILES string of the molecule is Cc1[nH]c2ccccc2c1NC(=O)C1(CO)COC1. The topological polar surface area (TPSA) is 74.4 Å². The highest BCUT2D eigenvalue weighted by Gasteiger charge is 2.45. The molecule has 1 aliphatic rings. The number of aliphatic hydroxyl groups is 1. The Balaban J connectivity index is 1.93. The first-order valence-electron chi connectivity index (χ1n) is 6.24. The molecule has 5 heteroatoms.